The third-order valence-corrected chi connectivity index (χ3v) is 4.05. The molecule has 10 heteroatoms. The lowest BCUT2D eigenvalue weighted by Gasteiger charge is -2.04. The average molecular weight is 350 g/mol. The van der Waals surface area contributed by atoms with Gasteiger partial charge in [0.25, 0.3) is 5.56 Å². The monoisotopic (exact) mass is 350 g/mol. The van der Waals surface area contributed by atoms with Crippen LogP contribution < -0.4 is 5.56 Å². The van der Waals surface area contributed by atoms with Crippen LogP contribution in [0, 0.1) is 0 Å². The summed E-state index contributed by atoms with van der Waals surface area (Å²) in [6.45, 7) is 0. The Morgan fingerprint density at radius 3 is 2.78 bits per heavy atom. The minimum absolute atomic E-state index is 0.299. The van der Waals surface area contributed by atoms with Crippen LogP contribution in [-0.2, 0) is 9.73 Å². The van der Waals surface area contributed by atoms with Crippen molar-refractivity contribution < 1.29 is 4.21 Å². The van der Waals surface area contributed by atoms with Gasteiger partial charge in [-0.3, -0.25) is 9.89 Å². The van der Waals surface area contributed by atoms with Gasteiger partial charge in [0.05, 0.1) is 0 Å². The predicted molar refractivity (Wildman–Crippen MR) is 91.1 cm³/mol. The van der Waals surface area contributed by atoms with Crippen LogP contribution in [0.3, 0.4) is 0 Å². The van der Waals surface area contributed by atoms with E-state index in [0.717, 1.165) is 0 Å². The zero-order valence-electron chi connectivity index (χ0n) is 12.7. The molecule has 0 saturated carbocycles. The Bertz CT molecular complexity index is 1050. The molecule has 0 unspecified atom stereocenters. The minimum atomic E-state index is -2.32. The van der Waals surface area contributed by atoms with Gasteiger partial charge in [-0.2, -0.15) is 4.36 Å². The van der Waals surface area contributed by atoms with Gasteiger partial charge in [-0.25, -0.2) is 23.8 Å². The fourth-order valence-corrected chi connectivity index (χ4v) is 2.87. The molecule has 0 saturated heterocycles. The molecule has 3 heterocycles. The number of aromatic amines is 1. The zero-order chi connectivity index (χ0) is 16.6. The van der Waals surface area contributed by atoms with Crippen molar-refractivity contribution in [3.63, 3.8) is 0 Å². The topological polar surface area (TPSA) is 106 Å². The standard InChI is InChI=1S/C13H14N6O2S2/c1-22-13-14-7-8-11(16-13)19(17-12(8)20)10-6-4-5-9(15-10)18-23(2,3)21/h4-7H,1-3H3,(H,17,20). The molecule has 3 aromatic heterocycles. The van der Waals surface area contributed by atoms with Crippen LogP contribution >= 0.6 is 11.8 Å². The highest BCUT2D eigenvalue weighted by Gasteiger charge is 2.12. The first-order valence-electron chi connectivity index (χ1n) is 6.54. The van der Waals surface area contributed by atoms with E-state index in [2.05, 4.69) is 24.4 Å². The van der Waals surface area contributed by atoms with Crippen molar-refractivity contribution in [3.8, 4) is 5.82 Å². The fourth-order valence-electron chi connectivity index (χ4n) is 1.98. The Balaban J connectivity index is 2.23. The highest BCUT2D eigenvalue weighted by molar-refractivity contribution is 7.98. The first-order chi connectivity index (χ1) is 10.9. The van der Waals surface area contributed by atoms with Gasteiger partial charge in [0, 0.05) is 28.4 Å². The maximum Gasteiger partial charge on any atom is 0.275 e. The molecule has 0 radical (unpaired) electrons. The van der Waals surface area contributed by atoms with Crippen molar-refractivity contribution in [2.24, 2.45) is 4.36 Å². The Kier molecular flexibility index (Phi) is 3.94. The summed E-state index contributed by atoms with van der Waals surface area (Å²) in [5, 5.41) is 3.61. The summed E-state index contributed by atoms with van der Waals surface area (Å²) in [6, 6.07) is 5.10. The van der Waals surface area contributed by atoms with E-state index in [1.54, 1.807) is 18.2 Å². The summed E-state index contributed by atoms with van der Waals surface area (Å²) in [4.78, 5) is 24.8. The second-order valence-electron chi connectivity index (χ2n) is 5.00. The number of H-pyrrole nitrogens is 1. The average Bonchev–Trinajstić information content (AvgIpc) is 2.82. The Morgan fingerprint density at radius 1 is 1.30 bits per heavy atom. The van der Waals surface area contributed by atoms with Gasteiger partial charge in [0.2, 0.25) is 0 Å². The molecular formula is C13H14N6O2S2. The summed E-state index contributed by atoms with van der Waals surface area (Å²) < 4.78 is 17.4. The molecule has 0 spiro atoms. The van der Waals surface area contributed by atoms with Crippen molar-refractivity contribution in [1.29, 1.82) is 0 Å². The fraction of sp³-hybridized carbons (Fsp3) is 0.231. The molecule has 3 rings (SSSR count). The van der Waals surface area contributed by atoms with E-state index >= 15 is 0 Å². The molecule has 0 aliphatic rings. The van der Waals surface area contributed by atoms with E-state index in [0.29, 0.717) is 27.8 Å². The summed E-state index contributed by atoms with van der Waals surface area (Å²) in [5.41, 5.74) is 0.138. The normalized spacial score (nSPS) is 11.8. The second-order valence-corrected chi connectivity index (χ2v) is 8.32. The number of thioether (sulfide) groups is 1. The number of nitrogens with zero attached hydrogens (tertiary/aromatic N) is 5. The first kappa shape index (κ1) is 15.7. The molecule has 3 aromatic rings. The van der Waals surface area contributed by atoms with Crippen LogP contribution in [0.1, 0.15) is 0 Å². The third-order valence-electron chi connectivity index (χ3n) is 2.86. The molecule has 0 fully saturated rings. The molecule has 0 aliphatic heterocycles. The van der Waals surface area contributed by atoms with E-state index in [9.17, 15) is 9.00 Å². The Hall–Kier alpha value is -2.20. The van der Waals surface area contributed by atoms with Gasteiger partial charge in [0.1, 0.15) is 5.39 Å². The van der Waals surface area contributed by atoms with Gasteiger partial charge in [0.15, 0.2) is 22.4 Å². The van der Waals surface area contributed by atoms with Crippen molar-refractivity contribution in [2.45, 2.75) is 5.16 Å². The molecule has 0 aliphatic carbocycles. The maximum absolute atomic E-state index is 12.0. The van der Waals surface area contributed by atoms with Crippen molar-refractivity contribution in [3.05, 3.63) is 34.7 Å². The minimum Gasteiger partial charge on any atom is -0.267 e. The number of pyridine rings is 1. The van der Waals surface area contributed by atoms with Crippen molar-refractivity contribution >= 4 is 38.3 Å². The van der Waals surface area contributed by atoms with Crippen LogP contribution in [0.5, 0.6) is 0 Å². The van der Waals surface area contributed by atoms with Crippen LogP contribution in [0.15, 0.2) is 38.7 Å². The molecule has 0 amide bonds. The number of fused-ring (bicyclic) bond motifs is 1. The van der Waals surface area contributed by atoms with Crippen LogP contribution in [0.25, 0.3) is 16.9 Å². The first-order valence-corrected chi connectivity index (χ1v) is 10.1. The lowest BCUT2D eigenvalue weighted by molar-refractivity contribution is 0.684. The van der Waals surface area contributed by atoms with Crippen LogP contribution in [0.4, 0.5) is 5.82 Å². The summed E-state index contributed by atoms with van der Waals surface area (Å²) >= 11 is 1.38. The van der Waals surface area contributed by atoms with Gasteiger partial charge >= 0.3 is 0 Å². The smallest absolute Gasteiger partial charge is 0.267 e. The molecule has 120 valence electrons. The second kappa shape index (κ2) is 5.78. The van der Waals surface area contributed by atoms with Crippen LogP contribution in [-0.4, -0.2) is 47.7 Å². The Morgan fingerprint density at radius 2 is 2.09 bits per heavy atom. The highest BCUT2D eigenvalue weighted by atomic mass is 32.2. The zero-order valence-corrected chi connectivity index (χ0v) is 14.3. The molecule has 0 atom stereocenters. The van der Waals surface area contributed by atoms with E-state index in [1.165, 1.54) is 35.2 Å². The molecule has 23 heavy (non-hydrogen) atoms. The Labute approximate surface area is 136 Å². The van der Waals surface area contributed by atoms with Crippen molar-refractivity contribution in [2.75, 3.05) is 18.8 Å². The highest BCUT2D eigenvalue weighted by Crippen LogP contribution is 2.17. The van der Waals surface area contributed by atoms with Crippen molar-refractivity contribution in [1.82, 2.24) is 24.7 Å². The quantitative estimate of drug-likeness (QED) is 0.568. The van der Waals surface area contributed by atoms with Gasteiger partial charge < -0.3 is 0 Å². The maximum atomic E-state index is 12.0. The predicted octanol–water partition coefficient (Wildman–Crippen LogP) is 1.58. The van der Waals surface area contributed by atoms with Gasteiger partial charge in [-0.05, 0) is 18.4 Å². The molecule has 0 aromatic carbocycles. The lowest BCUT2D eigenvalue weighted by Crippen LogP contribution is -2.05. The molecule has 1 N–H and O–H groups in total. The van der Waals surface area contributed by atoms with E-state index < -0.39 is 9.73 Å². The summed E-state index contributed by atoms with van der Waals surface area (Å²) in [6.07, 6.45) is 6.41. The number of nitrogens with one attached hydrogen (secondary N) is 1. The van der Waals surface area contributed by atoms with Crippen LogP contribution in [0.2, 0.25) is 0 Å². The van der Waals surface area contributed by atoms with E-state index in [-0.39, 0.29) is 5.56 Å². The van der Waals surface area contributed by atoms with Gasteiger partial charge in [-0.1, -0.05) is 17.8 Å². The lowest BCUT2D eigenvalue weighted by atomic mass is 10.4. The number of hydrogen-bond acceptors (Lipinski definition) is 7. The molecular weight excluding hydrogens is 336 g/mol. The SMILES string of the molecule is CSc1ncc2c(=O)[nH]n(-c3cccc(N=S(C)(C)=O)n3)c2n1. The van der Waals surface area contributed by atoms with E-state index in [1.807, 2.05) is 6.26 Å². The largest absolute Gasteiger partial charge is 0.275 e. The van der Waals surface area contributed by atoms with E-state index in [4.69, 9.17) is 0 Å². The molecule has 8 nitrogen and oxygen atoms in total. The number of aromatic nitrogens is 5. The number of hydrogen-bond donors (Lipinski definition) is 1. The van der Waals surface area contributed by atoms with Gasteiger partial charge in [-0.15, -0.1) is 0 Å². The molecule has 0 bridgehead atoms. The third kappa shape index (κ3) is 3.27. The summed E-state index contributed by atoms with van der Waals surface area (Å²) in [7, 11) is -2.32. The summed E-state index contributed by atoms with van der Waals surface area (Å²) in [5.74, 6) is 0.770. The number of rotatable bonds is 3.